The van der Waals surface area contributed by atoms with Gasteiger partial charge in [-0.1, -0.05) is 6.92 Å². The molecule has 0 amide bonds. The van der Waals surface area contributed by atoms with Gasteiger partial charge in [0.05, 0.1) is 6.10 Å². The third-order valence-corrected chi connectivity index (χ3v) is 2.72. The van der Waals surface area contributed by atoms with Gasteiger partial charge in [-0.25, -0.2) is 0 Å². The Bertz CT molecular complexity index is 109. The largest absolute Gasteiger partial charge is 0.393 e. The topological polar surface area (TPSA) is 46.2 Å². The molecule has 1 aliphatic rings. The van der Waals surface area contributed by atoms with Crippen LogP contribution in [0.1, 0.15) is 20.3 Å². The fraction of sp³-hybridized carbons (Fsp3) is 1.00. The predicted molar refractivity (Wildman–Crippen MR) is 36.9 cm³/mol. The van der Waals surface area contributed by atoms with Gasteiger partial charge in [-0.15, -0.1) is 0 Å². The van der Waals surface area contributed by atoms with Crippen LogP contribution in [0.3, 0.4) is 0 Å². The molecule has 1 fully saturated rings. The molecule has 0 aromatic rings. The third kappa shape index (κ3) is 0.864. The second-order valence-corrected chi connectivity index (χ2v) is 3.22. The minimum atomic E-state index is -0.225. The Kier molecular flexibility index (Phi) is 1.53. The Labute approximate surface area is 56.1 Å². The highest BCUT2D eigenvalue weighted by Crippen LogP contribution is 2.53. The minimum absolute atomic E-state index is 0.0833. The number of rotatable bonds is 2. The van der Waals surface area contributed by atoms with E-state index in [0.29, 0.717) is 12.5 Å². The van der Waals surface area contributed by atoms with Crippen LogP contribution < -0.4 is 5.73 Å². The van der Waals surface area contributed by atoms with Crippen molar-refractivity contribution in [3.05, 3.63) is 0 Å². The maximum Gasteiger partial charge on any atom is 0.0583 e. The lowest BCUT2D eigenvalue weighted by Crippen LogP contribution is -2.28. The molecule has 1 rings (SSSR count). The van der Waals surface area contributed by atoms with E-state index in [2.05, 4.69) is 6.92 Å². The maximum atomic E-state index is 9.23. The van der Waals surface area contributed by atoms with E-state index in [9.17, 15) is 5.11 Å². The quantitative estimate of drug-likeness (QED) is 0.565. The number of nitrogens with two attached hydrogens (primary N) is 1. The van der Waals surface area contributed by atoms with Crippen molar-refractivity contribution in [3.8, 4) is 0 Å². The van der Waals surface area contributed by atoms with E-state index in [1.54, 1.807) is 0 Å². The van der Waals surface area contributed by atoms with E-state index >= 15 is 0 Å². The van der Waals surface area contributed by atoms with Crippen molar-refractivity contribution in [3.63, 3.8) is 0 Å². The monoisotopic (exact) mass is 129 g/mol. The molecule has 2 nitrogen and oxygen atoms in total. The standard InChI is InChI=1S/C7H15NO/c1-5-3-7(5,4-8)6(2)9/h5-6,9H,3-4,8H2,1-2H3/t5-,6-,7+/m0/s1. The molecule has 1 saturated carbocycles. The van der Waals surface area contributed by atoms with E-state index in [1.165, 1.54) is 0 Å². The highest BCUT2D eigenvalue weighted by molar-refractivity contribution is 5.03. The van der Waals surface area contributed by atoms with Gasteiger partial charge in [0, 0.05) is 12.0 Å². The van der Waals surface area contributed by atoms with Gasteiger partial charge in [-0.05, 0) is 19.3 Å². The lowest BCUT2D eigenvalue weighted by atomic mass is 9.98. The average Bonchev–Trinajstić information content (AvgIpc) is 2.43. The zero-order valence-corrected chi connectivity index (χ0v) is 6.09. The number of aliphatic hydroxyl groups is 1. The molecule has 9 heavy (non-hydrogen) atoms. The van der Waals surface area contributed by atoms with Gasteiger partial charge in [0.1, 0.15) is 0 Å². The molecule has 0 unspecified atom stereocenters. The first-order chi connectivity index (χ1) is 4.13. The molecule has 0 saturated heterocycles. The highest BCUT2D eigenvalue weighted by atomic mass is 16.3. The van der Waals surface area contributed by atoms with Gasteiger partial charge >= 0.3 is 0 Å². The Morgan fingerprint density at radius 1 is 1.89 bits per heavy atom. The van der Waals surface area contributed by atoms with Crippen molar-refractivity contribution in [2.45, 2.75) is 26.4 Å². The van der Waals surface area contributed by atoms with Gasteiger partial charge in [0.2, 0.25) is 0 Å². The first-order valence-electron chi connectivity index (χ1n) is 3.51. The number of hydrogen-bond acceptors (Lipinski definition) is 2. The molecule has 1 aliphatic carbocycles. The molecule has 0 aliphatic heterocycles. The predicted octanol–water partition coefficient (Wildman–Crippen LogP) is 0.352. The van der Waals surface area contributed by atoms with Gasteiger partial charge in [0.15, 0.2) is 0 Å². The molecule has 0 heterocycles. The summed E-state index contributed by atoms with van der Waals surface area (Å²) in [6.45, 7) is 4.60. The van der Waals surface area contributed by atoms with E-state index in [-0.39, 0.29) is 11.5 Å². The van der Waals surface area contributed by atoms with Gasteiger partial charge in [-0.2, -0.15) is 0 Å². The summed E-state index contributed by atoms with van der Waals surface area (Å²) in [4.78, 5) is 0. The fourth-order valence-corrected chi connectivity index (χ4v) is 1.55. The first-order valence-corrected chi connectivity index (χ1v) is 3.51. The zero-order chi connectivity index (χ0) is 7.07. The van der Waals surface area contributed by atoms with Crippen LogP contribution in [0.4, 0.5) is 0 Å². The van der Waals surface area contributed by atoms with E-state index < -0.39 is 0 Å². The van der Waals surface area contributed by atoms with E-state index in [1.807, 2.05) is 6.92 Å². The molecule has 3 N–H and O–H groups in total. The lowest BCUT2D eigenvalue weighted by molar-refractivity contribution is 0.106. The Balaban J connectivity index is 2.52. The smallest absolute Gasteiger partial charge is 0.0583 e. The normalized spacial score (nSPS) is 44.7. The molecule has 0 aromatic carbocycles. The molecular formula is C7H15NO. The fourth-order valence-electron chi connectivity index (χ4n) is 1.55. The van der Waals surface area contributed by atoms with Gasteiger partial charge < -0.3 is 10.8 Å². The summed E-state index contributed by atoms with van der Waals surface area (Å²) >= 11 is 0. The van der Waals surface area contributed by atoms with Gasteiger partial charge in [0.25, 0.3) is 0 Å². The molecule has 0 aromatic heterocycles. The molecule has 2 heteroatoms. The molecular weight excluding hydrogens is 114 g/mol. The van der Waals surface area contributed by atoms with Crippen molar-refractivity contribution >= 4 is 0 Å². The van der Waals surface area contributed by atoms with Crippen LogP contribution in [0.5, 0.6) is 0 Å². The van der Waals surface area contributed by atoms with Crippen LogP contribution in [0.2, 0.25) is 0 Å². The summed E-state index contributed by atoms with van der Waals surface area (Å²) in [6, 6.07) is 0. The lowest BCUT2D eigenvalue weighted by Gasteiger charge is -2.16. The summed E-state index contributed by atoms with van der Waals surface area (Å²) in [5.74, 6) is 0.627. The van der Waals surface area contributed by atoms with Gasteiger partial charge in [-0.3, -0.25) is 0 Å². The van der Waals surface area contributed by atoms with Crippen LogP contribution in [-0.4, -0.2) is 17.8 Å². The molecule has 3 atom stereocenters. The van der Waals surface area contributed by atoms with Crippen LogP contribution >= 0.6 is 0 Å². The molecule has 0 bridgehead atoms. The van der Waals surface area contributed by atoms with Crippen LogP contribution in [0.25, 0.3) is 0 Å². The summed E-state index contributed by atoms with van der Waals surface area (Å²) in [7, 11) is 0. The number of hydrogen-bond donors (Lipinski definition) is 2. The summed E-state index contributed by atoms with van der Waals surface area (Å²) in [5, 5.41) is 9.23. The summed E-state index contributed by atoms with van der Waals surface area (Å²) in [6.07, 6.45) is 0.874. The summed E-state index contributed by atoms with van der Waals surface area (Å²) in [5.41, 5.74) is 5.58. The minimum Gasteiger partial charge on any atom is -0.393 e. The van der Waals surface area contributed by atoms with Crippen molar-refractivity contribution in [1.29, 1.82) is 0 Å². The van der Waals surface area contributed by atoms with Crippen LogP contribution in [0, 0.1) is 11.3 Å². The molecule has 0 spiro atoms. The maximum absolute atomic E-state index is 9.23. The second-order valence-electron chi connectivity index (χ2n) is 3.22. The van der Waals surface area contributed by atoms with Crippen molar-refractivity contribution in [1.82, 2.24) is 0 Å². The van der Waals surface area contributed by atoms with Crippen molar-refractivity contribution in [2.75, 3.05) is 6.54 Å². The summed E-state index contributed by atoms with van der Waals surface area (Å²) < 4.78 is 0. The Morgan fingerprint density at radius 3 is 2.33 bits per heavy atom. The Hall–Kier alpha value is -0.0800. The molecule has 0 radical (unpaired) electrons. The van der Waals surface area contributed by atoms with Crippen LogP contribution in [0.15, 0.2) is 0 Å². The van der Waals surface area contributed by atoms with E-state index in [4.69, 9.17) is 5.73 Å². The van der Waals surface area contributed by atoms with Crippen molar-refractivity contribution in [2.24, 2.45) is 17.1 Å². The van der Waals surface area contributed by atoms with E-state index in [0.717, 1.165) is 6.42 Å². The average molecular weight is 129 g/mol. The van der Waals surface area contributed by atoms with Crippen molar-refractivity contribution < 1.29 is 5.11 Å². The SMILES string of the molecule is C[C@H](O)[C@@]1(CN)C[C@@H]1C. The number of aliphatic hydroxyl groups excluding tert-OH is 1. The highest BCUT2D eigenvalue weighted by Gasteiger charge is 2.53. The zero-order valence-electron chi connectivity index (χ0n) is 6.09. The van der Waals surface area contributed by atoms with Crippen LogP contribution in [-0.2, 0) is 0 Å². The Morgan fingerprint density at radius 2 is 2.33 bits per heavy atom. The third-order valence-electron chi connectivity index (χ3n) is 2.72. The molecule has 54 valence electrons. The first kappa shape index (κ1) is 7.03. The second kappa shape index (κ2) is 1.96.